The number of halogens is 2. The van der Waals surface area contributed by atoms with Crippen molar-refractivity contribution < 1.29 is 0 Å². The first-order chi connectivity index (χ1) is 10.7. The Morgan fingerprint density at radius 1 is 0.682 bits per heavy atom. The average Bonchev–Trinajstić information content (AvgIpc) is 3.05. The van der Waals surface area contributed by atoms with Crippen LogP contribution in [0, 0.1) is 0 Å². The molecule has 0 heterocycles. The zero-order chi connectivity index (χ0) is 15.4. The molecule has 110 valence electrons. The predicted octanol–water partition coefficient (Wildman–Crippen LogP) is 6.20. The molecule has 0 aromatic heterocycles. The fourth-order valence-corrected chi connectivity index (χ4v) is 3.02. The van der Waals surface area contributed by atoms with Gasteiger partial charge < -0.3 is 0 Å². The highest BCUT2D eigenvalue weighted by atomic mass is 35.5. The topological polar surface area (TPSA) is 0 Å². The molecule has 1 aliphatic rings. The van der Waals surface area contributed by atoms with Crippen LogP contribution in [0.25, 0.3) is 0 Å². The van der Waals surface area contributed by atoms with Crippen molar-refractivity contribution in [3.63, 3.8) is 0 Å². The molecule has 2 aromatic rings. The first-order valence-electron chi connectivity index (χ1n) is 7.27. The van der Waals surface area contributed by atoms with Crippen molar-refractivity contribution in [2.24, 2.45) is 0 Å². The van der Waals surface area contributed by atoms with Gasteiger partial charge >= 0.3 is 0 Å². The van der Waals surface area contributed by atoms with Crippen molar-refractivity contribution in [2.45, 2.75) is 12.8 Å². The second-order valence-corrected chi connectivity index (χ2v) is 6.13. The molecule has 0 saturated carbocycles. The van der Waals surface area contributed by atoms with Gasteiger partial charge in [0.15, 0.2) is 0 Å². The molecule has 2 heteroatoms. The molecule has 0 unspecified atom stereocenters. The highest BCUT2D eigenvalue weighted by Crippen LogP contribution is 2.27. The lowest BCUT2D eigenvalue weighted by atomic mass is 9.94. The van der Waals surface area contributed by atoms with Gasteiger partial charge in [0.2, 0.25) is 0 Å². The fourth-order valence-electron chi connectivity index (χ4n) is 2.62. The minimum absolute atomic E-state index is 0.811. The summed E-state index contributed by atoms with van der Waals surface area (Å²) < 4.78 is 0. The first kappa shape index (κ1) is 15.1. The van der Waals surface area contributed by atoms with E-state index in [0.29, 0.717) is 0 Å². The molecule has 0 nitrogen and oxygen atoms in total. The fraction of sp³-hybridized carbons (Fsp3) is 0.100. The Kier molecular flexibility index (Phi) is 4.82. The zero-order valence-electron chi connectivity index (χ0n) is 12.1. The van der Waals surface area contributed by atoms with Crippen molar-refractivity contribution in [1.29, 1.82) is 0 Å². The van der Waals surface area contributed by atoms with E-state index in [0.717, 1.165) is 34.0 Å². The molecule has 3 rings (SSSR count). The van der Waals surface area contributed by atoms with E-state index in [4.69, 9.17) is 23.2 Å². The Balaban J connectivity index is 1.94. The third-order valence-corrected chi connectivity index (χ3v) is 4.53. The van der Waals surface area contributed by atoms with Gasteiger partial charge in [-0.2, -0.15) is 0 Å². The average molecular weight is 327 g/mol. The highest BCUT2D eigenvalue weighted by molar-refractivity contribution is 6.31. The second-order valence-electron chi connectivity index (χ2n) is 5.31. The van der Waals surface area contributed by atoms with E-state index in [1.807, 2.05) is 36.4 Å². The lowest BCUT2D eigenvalue weighted by Gasteiger charge is -2.13. The maximum atomic E-state index is 6.32. The third-order valence-electron chi connectivity index (χ3n) is 3.79. The van der Waals surface area contributed by atoms with E-state index in [9.17, 15) is 0 Å². The van der Waals surface area contributed by atoms with E-state index < -0.39 is 0 Å². The summed E-state index contributed by atoms with van der Waals surface area (Å²) in [5.41, 5.74) is 4.87. The molecule has 0 N–H and O–H groups in total. The quantitative estimate of drug-likeness (QED) is 0.627. The number of hydrogen-bond donors (Lipinski definition) is 0. The maximum Gasteiger partial charge on any atom is 0.0441 e. The monoisotopic (exact) mass is 326 g/mol. The SMILES string of the molecule is Clc1ccccc1CC(Cc1ccccc1Cl)=C1C=CC=C1. The molecule has 0 fully saturated rings. The van der Waals surface area contributed by atoms with Gasteiger partial charge in [0.25, 0.3) is 0 Å². The summed E-state index contributed by atoms with van der Waals surface area (Å²) >= 11 is 12.6. The van der Waals surface area contributed by atoms with E-state index in [1.54, 1.807) is 0 Å². The summed E-state index contributed by atoms with van der Waals surface area (Å²) in [6, 6.07) is 16.0. The molecule has 0 spiro atoms. The van der Waals surface area contributed by atoms with Gasteiger partial charge in [0.1, 0.15) is 0 Å². The second kappa shape index (κ2) is 7.00. The normalized spacial score (nSPS) is 12.9. The zero-order valence-corrected chi connectivity index (χ0v) is 13.6. The predicted molar refractivity (Wildman–Crippen MR) is 95.6 cm³/mol. The van der Waals surface area contributed by atoms with Gasteiger partial charge in [-0.25, -0.2) is 0 Å². The van der Waals surface area contributed by atoms with Crippen molar-refractivity contribution in [3.8, 4) is 0 Å². The van der Waals surface area contributed by atoms with Crippen LogP contribution in [0.2, 0.25) is 10.0 Å². The van der Waals surface area contributed by atoms with Gasteiger partial charge in [-0.3, -0.25) is 0 Å². The van der Waals surface area contributed by atoms with E-state index in [-0.39, 0.29) is 0 Å². The Hall–Kier alpha value is -1.76. The van der Waals surface area contributed by atoms with Crippen LogP contribution in [0.3, 0.4) is 0 Å². The molecule has 22 heavy (non-hydrogen) atoms. The molecule has 0 radical (unpaired) electrons. The Bertz CT molecular complexity index is 703. The summed E-state index contributed by atoms with van der Waals surface area (Å²) in [6.07, 6.45) is 10.1. The molecule has 0 aliphatic heterocycles. The van der Waals surface area contributed by atoms with Crippen LogP contribution in [0.5, 0.6) is 0 Å². The van der Waals surface area contributed by atoms with Gasteiger partial charge in [0.05, 0.1) is 0 Å². The lowest BCUT2D eigenvalue weighted by molar-refractivity contribution is 1.02. The summed E-state index contributed by atoms with van der Waals surface area (Å²) in [7, 11) is 0. The molecule has 2 aromatic carbocycles. The van der Waals surface area contributed by atoms with Crippen LogP contribution in [0.1, 0.15) is 11.1 Å². The molecule has 0 bridgehead atoms. The molecule has 0 amide bonds. The van der Waals surface area contributed by atoms with Gasteiger partial charge in [-0.05, 0) is 41.7 Å². The number of benzene rings is 2. The van der Waals surface area contributed by atoms with Crippen molar-refractivity contribution >= 4 is 23.2 Å². The Labute approximate surface area is 141 Å². The van der Waals surface area contributed by atoms with E-state index in [2.05, 4.69) is 36.4 Å². The molecule has 1 aliphatic carbocycles. The van der Waals surface area contributed by atoms with Gasteiger partial charge in [-0.15, -0.1) is 0 Å². The van der Waals surface area contributed by atoms with Crippen molar-refractivity contribution in [1.82, 2.24) is 0 Å². The standard InChI is InChI=1S/C20H16Cl2/c21-19-11-5-3-9-16(19)13-18(15-7-1-2-8-15)14-17-10-4-6-12-20(17)22/h1-12H,13-14H2. The minimum Gasteiger partial charge on any atom is -0.0840 e. The summed E-state index contributed by atoms with van der Waals surface area (Å²) in [6.45, 7) is 0. The number of rotatable bonds is 4. The smallest absolute Gasteiger partial charge is 0.0441 e. The lowest BCUT2D eigenvalue weighted by Crippen LogP contribution is -2.00. The highest BCUT2D eigenvalue weighted by Gasteiger charge is 2.11. The van der Waals surface area contributed by atoms with E-state index >= 15 is 0 Å². The van der Waals surface area contributed by atoms with Gasteiger partial charge in [-0.1, -0.05) is 89.5 Å². The molecular formula is C20H16Cl2. The summed E-state index contributed by atoms with van der Waals surface area (Å²) in [5, 5.41) is 1.62. The summed E-state index contributed by atoms with van der Waals surface area (Å²) in [4.78, 5) is 0. The van der Waals surface area contributed by atoms with Crippen LogP contribution in [-0.2, 0) is 12.8 Å². The minimum atomic E-state index is 0.811. The van der Waals surface area contributed by atoms with E-state index in [1.165, 1.54) is 11.1 Å². The van der Waals surface area contributed by atoms with Crippen LogP contribution in [-0.4, -0.2) is 0 Å². The Morgan fingerprint density at radius 2 is 1.14 bits per heavy atom. The number of hydrogen-bond acceptors (Lipinski definition) is 0. The van der Waals surface area contributed by atoms with Gasteiger partial charge in [0, 0.05) is 10.0 Å². The van der Waals surface area contributed by atoms with Crippen molar-refractivity contribution in [3.05, 3.63) is 105 Å². The van der Waals surface area contributed by atoms with Crippen LogP contribution < -0.4 is 0 Å². The molecular weight excluding hydrogens is 311 g/mol. The third kappa shape index (κ3) is 3.52. The molecule has 0 saturated heterocycles. The summed E-state index contributed by atoms with van der Waals surface area (Å²) in [5.74, 6) is 0. The van der Waals surface area contributed by atoms with Crippen molar-refractivity contribution in [2.75, 3.05) is 0 Å². The van der Waals surface area contributed by atoms with Crippen LogP contribution >= 0.6 is 23.2 Å². The van der Waals surface area contributed by atoms with Crippen LogP contribution in [0.4, 0.5) is 0 Å². The van der Waals surface area contributed by atoms with Crippen LogP contribution in [0.15, 0.2) is 84.0 Å². The molecule has 0 atom stereocenters. The first-order valence-corrected chi connectivity index (χ1v) is 8.03. The number of allylic oxidation sites excluding steroid dienone is 6. The maximum absolute atomic E-state index is 6.32. The largest absolute Gasteiger partial charge is 0.0840 e. The Morgan fingerprint density at radius 3 is 1.59 bits per heavy atom.